The van der Waals surface area contributed by atoms with Gasteiger partial charge in [-0.15, -0.1) is 0 Å². The highest BCUT2D eigenvalue weighted by molar-refractivity contribution is 5.84. The third-order valence-corrected chi connectivity index (χ3v) is 4.14. The Morgan fingerprint density at radius 2 is 1.74 bits per heavy atom. The van der Waals surface area contributed by atoms with Crippen molar-refractivity contribution in [3.63, 3.8) is 0 Å². The second-order valence-electron chi connectivity index (χ2n) is 6.41. The number of rotatable bonds is 6. The lowest BCUT2D eigenvalue weighted by atomic mass is 10.1. The molecule has 1 aromatic rings. The van der Waals surface area contributed by atoms with Gasteiger partial charge in [0.1, 0.15) is 0 Å². The molecule has 0 aromatic heterocycles. The fourth-order valence-electron chi connectivity index (χ4n) is 2.65. The van der Waals surface area contributed by atoms with Gasteiger partial charge in [-0.3, -0.25) is 9.59 Å². The average molecular weight is 317 g/mol. The molecule has 1 heterocycles. The second kappa shape index (κ2) is 8.56. The maximum atomic E-state index is 12.2. The fraction of sp³-hybridized carbons (Fsp3) is 0.556. The molecule has 0 radical (unpaired) electrons. The number of carbonyl (C=O) groups excluding carboxylic acids is 2. The maximum Gasteiger partial charge on any atom is 0.242 e. The van der Waals surface area contributed by atoms with Crippen LogP contribution in [0.2, 0.25) is 0 Å². The average Bonchev–Trinajstić information content (AvgIpc) is 2.58. The normalized spacial score (nSPS) is 14.9. The summed E-state index contributed by atoms with van der Waals surface area (Å²) < 4.78 is 0. The van der Waals surface area contributed by atoms with Crippen LogP contribution in [0.1, 0.15) is 26.7 Å². The molecule has 1 fully saturated rings. The summed E-state index contributed by atoms with van der Waals surface area (Å²) in [6, 6.07) is 10.2. The SMILES string of the molecule is CC(C)CCC(=O)NCC(=O)N1CCN(c2ccccc2)CC1. The minimum absolute atomic E-state index is 0.00982. The van der Waals surface area contributed by atoms with E-state index in [0.29, 0.717) is 25.4 Å². The van der Waals surface area contributed by atoms with Crippen LogP contribution >= 0.6 is 0 Å². The van der Waals surface area contributed by atoms with Crippen molar-refractivity contribution < 1.29 is 9.59 Å². The number of nitrogens with one attached hydrogen (secondary N) is 1. The topological polar surface area (TPSA) is 52.7 Å². The minimum Gasteiger partial charge on any atom is -0.368 e. The summed E-state index contributed by atoms with van der Waals surface area (Å²) in [7, 11) is 0. The molecule has 1 N–H and O–H groups in total. The summed E-state index contributed by atoms with van der Waals surface area (Å²) in [6.45, 7) is 7.36. The number of benzene rings is 1. The molecule has 126 valence electrons. The first-order chi connectivity index (χ1) is 11.1. The van der Waals surface area contributed by atoms with Crippen LogP contribution in [0, 0.1) is 5.92 Å². The van der Waals surface area contributed by atoms with Gasteiger partial charge in [0.25, 0.3) is 0 Å². The lowest BCUT2D eigenvalue weighted by Crippen LogP contribution is -2.51. The standard InChI is InChI=1S/C18H27N3O2/c1-15(2)8-9-17(22)19-14-18(23)21-12-10-20(11-13-21)16-6-4-3-5-7-16/h3-7,15H,8-14H2,1-2H3,(H,19,22). The molecule has 0 unspecified atom stereocenters. The van der Waals surface area contributed by atoms with E-state index in [1.54, 1.807) is 0 Å². The van der Waals surface area contributed by atoms with E-state index >= 15 is 0 Å². The molecule has 2 amide bonds. The van der Waals surface area contributed by atoms with Gasteiger partial charge in [-0.25, -0.2) is 0 Å². The molecule has 0 bridgehead atoms. The van der Waals surface area contributed by atoms with Gasteiger partial charge < -0.3 is 15.1 Å². The van der Waals surface area contributed by atoms with E-state index in [0.717, 1.165) is 19.5 Å². The predicted molar refractivity (Wildman–Crippen MR) is 92.3 cm³/mol. The van der Waals surface area contributed by atoms with Crippen molar-refractivity contribution in [2.75, 3.05) is 37.6 Å². The summed E-state index contributed by atoms with van der Waals surface area (Å²) >= 11 is 0. The van der Waals surface area contributed by atoms with Crippen molar-refractivity contribution in [3.8, 4) is 0 Å². The summed E-state index contributed by atoms with van der Waals surface area (Å²) in [4.78, 5) is 28.0. The summed E-state index contributed by atoms with van der Waals surface area (Å²) in [5, 5.41) is 2.73. The monoisotopic (exact) mass is 317 g/mol. The first-order valence-corrected chi connectivity index (χ1v) is 8.40. The molecule has 2 rings (SSSR count). The number of para-hydroxylation sites is 1. The zero-order valence-electron chi connectivity index (χ0n) is 14.1. The Morgan fingerprint density at radius 1 is 1.09 bits per heavy atom. The smallest absolute Gasteiger partial charge is 0.242 e. The van der Waals surface area contributed by atoms with Crippen molar-refractivity contribution in [1.82, 2.24) is 10.2 Å². The van der Waals surface area contributed by atoms with Gasteiger partial charge in [-0.05, 0) is 24.5 Å². The van der Waals surface area contributed by atoms with Crippen molar-refractivity contribution >= 4 is 17.5 Å². The zero-order valence-corrected chi connectivity index (χ0v) is 14.1. The molecule has 5 nitrogen and oxygen atoms in total. The van der Waals surface area contributed by atoms with Crippen LogP contribution in [0.3, 0.4) is 0 Å². The van der Waals surface area contributed by atoms with E-state index in [1.807, 2.05) is 23.1 Å². The third-order valence-electron chi connectivity index (χ3n) is 4.14. The van der Waals surface area contributed by atoms with Gasteiger partial charge in [-0.2, -0.15) is 0 Å². The van der Waals surface area contributed by atoms with E-state index in [9.17, 15) is 9.59 Å². The van der Waals surface area contributed by atoms with E-state index in [4.69, 9.17) is 0 Å². The van der Waals surface area contributed by atoms with Crippen LogP contribution in [0.4, 0.5) is 5.69 Å². The summed E-state index contributed by atoms with van der Waals surface area (Å²) in [6.07, 6.45) is 1.35. The summed E-state index contributed by atoms with van der Waals surface area (Å²) in [5.41, 5.74) is 1.20. The first kappa shape index (κ1) is 17.3. The van der Waals surface area contributed by atoms with Gasteiger partial charge in [0, 0.05) is 38.3 Å². The zero-order chi connectivity index (χ0) is 16.7. The Morgan fingerprint density at radius 3 is 2.35 bits per heavy atom. The number of anilines is 1. The maximum absolute atomic E-state index is 12.2. The highest BCUT2D eigenvalue weighted by Crippen LogP contribution is 2.15. The number of hydrogen-bond acceptors (Lipinski definition) is 3. The molecule has 5 heteroatoms. The van der Waals surface area contributed by atoms with E-state index < -0.39 is 0 Å². The Labute approximate surface area is 138 Å². The molecule has 0 saturated carbocycles. The molecule has 23 heavy (non-hydrogen) atoms. The van der Waals surface area contributed by atoms with Crippen LogP contribution in [-0.2, 0) is 9.59 Å². The van der Waals surface area contributed by atoms with E-state index in [2.05, 4.69) is 36.2 Å². The second-order valence-corrected chi connectivity index (χ2v) is 6.41. The third kappa shape index (κ3) is 5.58. The molecular formula is C18H27N3O2. The quantitative estimate of drug-likeness (QED) is 0.872. The highest BCUT2D eigenvalue weighted by atomic mass is 16.2. The number of nitrogens with zero attached hydrogens (tertiary/aromatic N) is 2. The molecule has 1 aliphatic heterocycles. The molecule has 0 spiro atoms. The lowest BCUT2D eigenvalue weighted by molar-refractivity contribution is -0.133. The van der Waals surface area contributed by atoms with Crippen molar-refractivity contribution in [3.05, 3.63) is 30.3 Å². The molecule has 1 aromatic carbocycles. The lowest BCUT2D eigenvalue weighted by Gasteiger charge is -2.36. The van der Waals surface area contributed by atoms with Crippen LogP contribution in [0.5, 0.6) is 0 Å². The van der Waals surface area contributed by atoms with E-state index in [-0.39, 0.29) is 18.4 Å². The molecule has 0 atom stereocenters. The predicted octanol–water partition coefficient (Wildman–Crippen LogP) is 1.89. The Hall–Kier alpha value is -2.04. The first-order valence-electron chi connectivity index (χ1n) is 8.40. The Balaban J connectivity index is 1.70. The fourth-order valence-corrected chi connectivity index (χ4v) is 2.65. The van der Waals surface area contributed by atoms with Crippen molar-refractivity contribution in [2.45, 2.75) is 26.7 Å². The van der Waals surface area contributed by atoms with Gasteiger partial charge in [0.15, 0.2) is 0 Å². The number of hydrogen-bond donors (Lipinski definition) is 1. The van der Waals surface area contributed by atoms with E-state index in [1.165, 1.54) is 5.69 Å². The molecular weight excluding hydrogens is 290 g/mol. The summed E-state index contributed by atoms with van der Waals surface area (Å²) in [5.74, 6) is 0.480. The number of amides is 2. The highest BCUT2D eigenvalue weighted by Gasteiger charge is 2.21. The molecule has 0 aliphatic carbocycles. The number of carbonyl (C=O) groups is 2. The van der Waals surface area contributed by atoms with Gasteiger partial charge in [0.2, 0.25) is 11.8 Å². The number of piperazine rings is 1. The minimum atomic E-state index is -0.0324. The van der Waals surface area contributed by atoms with Gasteiger partial charge in [-0.1, -0.05) is 32.0 Å². The van der Waals surface area contributed by atoms with Crippen LogP contribution in [0.25, 0.3) is 0 Å². The van der Waals surface area contributed by atoms with Crippen molar-refractivity contribution in [2.24, 2.45) is 5.92 Å². The molecule has 1 aliphatic rings. The molecule has 1 saturated heterocycles. The Kier molecular flexibility index (Phi) is 6.44. The van der Waals surface area contributed by atoms with Crippen LogP contribution in [-0.4, -0.2) is 49.4 Å². The van der Waals surface area contributed by atoms with Gasteiger partial charge in [0.05, 0.1) is 6.54 Å². The largest absolute Gasteiger partial charge is 0.368 e. The van der Waals surface area contributed by atoms with Crippen molar-refractivity contribution in [1.29, 1.82) is 0 Å². The van der Waals surface area contributed by atoms with Crippen LogP contribution < -0.4 is 10.2 Å². The Bertz CT molecular complexity index is 508. The van der Waals surface area contributed by atoms with Crippen LogP contribution in [0.15, 0.2) is 30.3 Å². The van der Waals surface area contributed by atoms with Gasteiger partial charge >= 0.3 is 0 Å².